The van der Waals surface area contributed by atoms with Crippen LogP contribution in [0.25, 0.3) is 11.0 Å². The van der Waals surface area contributed by atoms with Crippen molar-refractivity contribution in [3.05, 3.63) is 30.1 Å². The number of unbranched alkanes of at least 4 members (excludes halogenated alkanes) is 3. The van der Waals surface area contributed by atoms with Crippen LogP contribution in [0.1, 0.15) is 64.7 Å². The van der Waals surface area contributed by atoms with Crippen LogP contribution in [-0.4, -0.2) is 15.5 Å². The summed E-state index contributed by atoms with van der Waals surface area (Å²) in [7, 11) is 0. The van der Waals surface area contributed by atoms with E-state index in [1.807, 2.05) is 32.0 Å². The lowest BCUT2D eigenvalue weighted by atomic mass is 10.2. The number of amides is 1. The Labute approximate surface area is 132 Å². The highest BCUT2D eigenvalue weighted by Gasteiger charge is 2.17. The summed E-state index contributed by atoms with van der Waals surface area (Å²) in [6.45, 7) is 7.07. The lowest BCUT2D eigenvalue weighted by molar-refractivity contribution is -0.121. The second-order valence-electron chi connectivity index (χ2n) is 5.81. The molecule has 1 unspecified atom stereocenters. The Balaban J connectivity index is 2.24. The van der Waals surface area contributed by atoms with E-state index in [-0.39, 0.29) is 11.9 Å². The maximum atomic E-state index is 11.7. The number of nitrogens with zero attached hydrogens (tertiary/aromatic N) is 2. The van der Waals surface area contributed by atoms with Gasteiger partial charge in [-0.15, -0.1) is 0 Å². The second kappa shape index (κ2) is 7.97. The molecule has 0 aliphatic carbocycles. The monoisotopic (exact) mass is 301 g/mol. The molecule has 0 aliphatic heterocycles. The summed E-state index contributed by atoms with van der Waals surface area (Å²) in [5.74, 6) is 1.02. The minimum absolute atomic E-state index is 0.0639. The molecule has 2 aromatic rings. The zero-order chi connectivity index (χ0) is 15.9. The SMILES string of the molecule is CCCCCCn1c(C(C)NC(=O)CC)nc2ccccc21. The molecule has 1 aromatic heterocycles. The average Bonchev–Trinajstić information content (AvgIpc) is 2.90. The van der Waals surface area contributed by atoms with Gasteiger partial charge >= 0.3 is 0 Å². The van der Waals surface area contributed by atoms with Crippen molar-refractivity contribution in [2.45, 2.75) is 65.5 Å². The van der Waals surface area contributed by atoms with Crippen LogP contribution in [0, 0.1) is 0 Å². The maximum Gasteiger partial charge on any atom is 0.220 e. The smallest absolute Gasteiger partial charge is 0.220 e. The summed E-state index contributed by atoms with van der Waals surface area (Å²) < 4.78 is 2.27. The predicted octanol–water partition coefficient (Wildman–Crippen LogP) is 4.20. The van der Waals surface area contributed by atoms with Crippen molar-refractivity contribution in [1.29, 1.82) is 0 Å². The fourth-order valence-corrected chi connectivity index (χ4v) is 2.76. The molecule has 120 valence electrons. The Bertz CT molecular complexity index is 618. The predicted molar refractivity (Wildman–Crippen MR) is 90.7 cm³/mol. The van der Waals surface area contributed by atoms with Crippen molar-refractivity contribution < 1.29 is 4.79 Å². The summed E-state index contributed by atoms with van der Waals surface area (Å²) in [4.78, 5) is 16.4. The molecule has 0 spiro atoms. The number of carbonyl (C=O) groups is 1. The molecule has 1 amide bonds. The van der Waals surface area contributed by atoms with Crippen LogP contribution in [0.5, 0.6) is 0 Å². The summed E-state index contributed by atoms with van der Waals surface area (Å²) in [5.41, 5.74) is 2.16. The van der Waals surface area contributed by atoms with E-state index in [4.69, 9.17) is 4.98 Å². The van der Waals surface area contributed by atoms with Gasteiger partial charge in [0.1, 0.15) is 5.82 Å². The first kappa shape index (κ1) is 16.5. The summed E-state index contributed by atoms with van der Waals surface area (Å²) in [6.07, 6.45) is 5.39. The maximum absolute atomic E-state index is 11.7. The number of rotatable bonds is 8. The molecule has 22 heavy (non-hydrogen) atoms. The number of hydrogen-bond acceptors (Lipinski definition) is 2. The van der Waals surface area contributed by atoms with Crippen molar-refractivity contribution >= 4 is 16.9 Å². The highest BCUT2D eigenvalue weighted by molar-refractivity contribution is 5.77. The van der Waals surface area contributed by atoms with E-state index in [0.29, 0.717) is 6.42 Å². The van der Waals surface area contributed by atoms with Crippen LogP contribution in [-0.2, 0) is 11.3 Å². The van der Waals surface area contributed by atoms with Gasteiger partial charge in [0.2, 0.25) is 5.91 Å². The van der Waals surface area contributed by atoms with E-state index in [1.54, 1.807) is 0 Å². The molecule has 0 aliphatic rings. The quantitative estimate of drug-likeness (QED) is 0.743. The highest BCUT2D eigenvalue weighted by atomic mass is 16.1. The van der Waals surface area contributed by atoms with Crippen LogP contribution >= 0.6 is 0 Å². The number of fused-ring (bicyclic) bond motifs is 1. The third kappa shape index (κ3) is 3.87. The van der Waals surface area contributed by atoms with Crippen LogP contribution in [0.4, 0.5) is 0 Å². The number of aromatic nitrogens is 2. The molecule has 1 N–H and O–H groups in total. The number of carbonyl (C=O) groups excluding carboxylic acids is 1. The molecular formula is C18H27N3O. The van der Waals surface area contributed by atoms with E-state index in [2.05, 4.69) is 22.9 Å². The first-order valence-corrected chi connectivity index (χ1v) is 8.41. The van der Waals surface area contributed by atoms with Gasteiger partial charge in [-0.2, -0.15) is 0 Å². The van der Waals surface area contributed by atoms with Gasteiger partial charge in [0.25, 0.3) is 0 Å². The van der Waals surface area contributed by atoms with Gasteiger partial charge in [-0.1, -0.05) is 45.2 Å². The van der Waals surface area contributed by atoms with Crippen LogP contribution in [0.15, 0.2) is 24.3 Å². The number of nitrogens with one attached hydrogen (secondary N) is 1. The average molecular weight is 301 g/mol. The number of benzene rings is 1. The lowest BCUT2D eigenvalue weighted by Gasteiger charge is -2.16. The molecule has 0 bridgehead atoms. The topological polar surface area (TPSA) is 46.9 Å². The zero-order valence-corrected chi connectivity index (χ0v) is 13.9. The fourth-order valence-electron chi connectivity index (χ4n) is 2.76. The Morgan fingerprint density at radius 2 is 2.00 bits per heavy atom. The third-order valence-electron chi connectivity index (χ3n) is 4.01. The number of para-hydroxylation sites is 2. The summed E-state index contributed by atoms with van der Waals surface area (Å²) in [5, 5.41) is 3.03. The van der Waals surface area contributed by atoms with Gasteiger partial charge in [-0.25, -0.2) is 4.98 Å². The van der Waals surface area contributed by atoms with Crippen molar-refractivity contribution in [2.24, 2.45) is 0 Å². The normalized spacial score (nSPS) is 12.5. The standard InChI is InChI=1S/C18H27N3O/c1-4-6-7-10-13-21-16-12-9-8-11-15(16)20-18(21)14(3)19-17(22)5-2/h8-9,11-12,14H,4-7,10,13H2,1-3H3,(H,19,22). The first-order chi connectivity index (χ1) is 10.7. The number of imidazole rings is 1. The molecule has 0 saturated carbocycles. The number of hydrogen-bond donors (Lipinski definition) is 1. The van der Waals surface area contributed by atoms with Gasteiger partial charge in [0, 0.05) is 13.0 Å². The van der Waals surface area contributed by atoms with Gasteiger partial charge in [-0.3, -0.25) is 4.79 Å². The molecule has 1 heterocycles. The van der Waals surface area contributed by atoms with E-state index in [1.165, 1.54) is 19.3 Å². The molecule has 1 atom stereocenters. The molecule has 4 heteroatoms. The van der Waals surface area contributed by atoms with Crippen molar-refractivity contribution in [2.75, 3.05) is 0 Å². The Kier molecular flexibility index (Phi) is 5.99. The van der Waals surface area contributed by atoms with Crippen LogP contribution in [0.3, 0.4) is 0 Å². The van der Waals surface area contributed by atoms with Crippen molar-refractivity contribution in [3.8, 4) is 0 Å². The number of aryl methyl sites for hydroxylation is 1. The van der Waals surface area contributed by atoms with Gasteiger partial charge in [0.05, 0.1) is 17.1 Å². The molecule has 4 nitrogen and oxygen atoms in total. The van der Waals surface area contributed by atoms with Crippen LogP contribution in [0.2, 0.25) is 0 Å². The van der Waals surface area contributed by atoms with E-state index >= 15 is 0 Å². The molecule has 0 radical (unpaired) electrons. The van der Waals surface area contributed by atoms with Gasteiger partial charge in [0.15, 0.2) is 0 Å². The fraction of sp³-hybridized carbons (Fsp3) is 0.556. The van der Waals surface area contributed by atoms with Crippen molar-refractivity contribution in [3.63, 3.8) is 0 Å². The first-order valence-electron chi connectivity index (χ1n) is 8.41. The van der Waals surface area contributed by atoms with E-state index < -0.39 is 0 Å². The van der Waals surface area contributed by atoms with Crippen molar-refractivity contribution in [1.82, 2.24) is 14.9 Å². The van der Waals surface area contributed by atoms with Crippen LogP contribution < -0.4 is 5.32 Å². The Hall–Kier alpha value is -1.84. The molecule has 0 saturated heterocycles. The lowest BCUT2D eigenvalue weighted by Crippen LogP contribution is -2.28. The Morgan fingerprint density at radius 3 is 2.73 bits per heavy atom. The molecule has 2 rings (SSSR count). The van der Waals surface area contributed by atoms with E-state index in [0.717, 1.165) is 29.8 Å². The van der Waals surface area contributed by atoms with Gasteiger partial charge < -0.3 is 9.88 Å². The summed E-state index contributed by atoms with van der Waals surface area (Å²) in [6, 6.07) is 8.14. The highest BCUT2D eigenvalue weighted by Crippen LogP contribution is 2.22. The summed E-state index contributed by atoms with van der Waals surface area (Å²) >= 11 is 0. The minimum atomic E-state index is -0.0639. The molecule has 1 aromatic carbocycles. The molecule has 0 fully saturated rings. The minimum Gasteiger partial charge on any atom is -0.346 e. The third-order valence-corrected chi connectivity index (χ3v) is 4.01. The largest absolute Gasteiger partial charge is 0.346 e. The zero-order valence-electron chi connectivity index (χ0n) is 13.9. The molecular weight excluding hydrogens is 274 g/mol. The van der Waals surface area contributed by atoms with Gasteiger partial charge in [-0.05, 0) is 25.5 Å². The van der Waals surface area contributed by atoms with E-state index in [9.17, 15) is 4.79 Å². The Morgan fingerprint density at radius 1 is 1.23 bits per heavy atom. The second-order valence-corrected chi connectivity index (χ2v) is 5.81.